The van der Waals surface area contributed by atoms with Crippen LogP contribution in [-0.4, -0.2) is 19.3 Å². The van der Waals surface area contributed by atoms with Crippen LogP contribution in [0.3, 0.4) is 0 Å². The topological polar surface area (TPSA) is 47.7 Å². The number of nitrogens with zero attached hydrogens (tertiary/aromatic N) is 4. The van der Waals surface area contributed by atoms with E-state index in [1.165, 1.54) is 5.56 Å². The summed E-state index contributed by atoms with van der Waals surface area (Å²) in [5.41, 5.74) is 3.34. The lowest BCUT2D eigenvalue weighted by atomic mass is 10.1. The fourth-order valence-electron chi connectivity index (χ4n) is 2.32. The molecule has 0 amide bonds. The summed E-state index contributed by atoms with van der Waals surface area (Å²) >= 11 is 0. The molecule has 0 aliphatic rings. The number of hydrogen-bond acceptors (Lipinski definition) is 3. The largest absolute Gasteiger partial charge is 0.377 e. The molecule has 0 aliphatic carbocycles. The number of nitrogens with one attached hydrogen (secondary N) is 1. The van der Waals surface area contributed by atoms with E-state index >= 15 is 0 Å². The maximum atomic E-state index is 4.33. The first-order valence-electron chi connectivity index (χ1n) is 7.14. The fraction of sp³-hybridized carbons (Fsp3) is 0.250. The highest BCUT2D eigenvalue weighted by molar-refractivity contribution is 5.61. The Kier molecular flexibility index (Phi) is 3.73. The van der Waals surface area contributed by atoms with Gasteiger partial charge >= 0.3 is 0 Å². The van der Waals surface area contributed by atoms with Crippen molar-refractivity contribution in [2.75, 3.05) is 5.32 Å². The molecule has 3 rings (SSSR count). The van der Waals surface area contributed by atoms with E-state index in [-0.39, 0.29) is 6.04 Å². The molecular weight excluding hydrogens is 262 g/mol. The van der Waals surface area contributed by atoms with Crippen LogP contribution in [0.25, 0.3) is 5.69 Å². The predicted molar refractivity (Wildman–Crippen MR) is 83.5 cm³/mol. The van der Waals surface area contributed by atoms with Crippen LogP contribution in [0.15, 0.2) is 55.4 Å². The fourth-order valence-corrected chi connectivity index (χ4v) is 2.32. The summed E-state index contributed by atoms with van der Waals surface area (Å²) in [6, 6.07) is 8.41. The summed E-state index contributed by atoms with van der Waals surface area (Å²) in [6.07, 6.45) is 9.53. The normalized spacial score (nSPS) is 12.3. The van der Waals surface area contributed by atoms with Crippen LogP contribution in [-0.2, 0) is 6.54 Å². The lowest BCUT2D eigenvalue weighted by Crippen LogP contribution is -2.08. The third-order valence-electron chi connectivity index (χ3n) is 3.54. The third kappa shape index (κ3) is 2.81. The van der Waals surface area contributed by atoms with Gasteiger partial charge < -0.3 is 9.88 Å². The van der Waals surface area contributed by atoms with Crippen LogP contribution < -0.4 is 5.32 Å². The number of imidazole rings is 1. The van der Waals surface area contributed by atoms with Crippen molar-refractivity contribution >= 4 is 5.69 Å². The van der Waals surface area contributed by atoms with Crippen molar-refractivity contribution in [2.24, 2.45) is 0 Å². The minimum absolute atomic E-state index is 0.190. The second-order valence-corrected chi connectivity index (χ2v) is 4.98. The van der Waals surface area contributed by atoms with E-state index in [2.05, 4.69) is 47.6 Å². The highest BCUT2D eigenvalue weighted by Crippen LogP contribution is 2.24. The van der Waals surface area contributed by atoms with E-state index in [4.69, 9.17) is 0 Å². The van der Waals surface area contributed by atoms with Crippen molar-refractivity contribution in [1.82, 2.24) is 19.3 Å². The molecule has 21 heavy (non-hydrogen) atoms. The summed E-state index contributed by atoms with van der Waals surface area (Å²) < 4.78 is 3.94. The minimum Gasteiger partial charge on any atom is -0.377 e. The molecule has 5 heteroatoms. The third-order valence-corrected chi connectivity index (χ3v) is 3.54. The monoisotopic (exact) mass is 281 g/mol. The Morgan fingerprint density at radius 3 is 2.86 bits per heavy atom. The number of hydrogen-bond donors (Lipinski definition) is 1. The van der Waals surface area contributed by atoms with Gasteiger partial charge in [-0.15, -0.1) is 0 Å². The van der Waals surface area contributed by atoms with Gasteiger partial charge in [-0.2, -0.15) is 5.10 Å². The van der Waals surface area contributed by atoms with E-state index < -0.39 is 0 Å². The zero-order chi connectivity index (χ0) is 14.7. The molecule has 0 saturated carbocycles. The molecule has 1 atom stereocenters. The van der Waals surface area contributed by atoms with E-state index in [1.54, 1.807) is 12.5 Å². The zero-order valence-electron chi connectivity index (χ0n) is 12.3. The Hall–Kier alpha value is -2.56. The summed E-state index contributed by atoms with van der Waals surface area (Å²) in [5, 5.41) is 7.88. The Bertz CT molecular complexity index is 699. The number of benzene rings is 1. The van der Waals surface area contributed by atoms with Crippen LogP contribution in [0.1, 0.15) is 25.5 Å². The van der Waals surface area contributed by atoms with Gasteiger partial charge in [0.25, 0.3) is 0 Å². The van der Waals surface area contributed by atoms with Gasteiger partial charge in [0.15, 0.2) is 0 Å². The van der Waals surface area contributed by atoms with Crippen molar-refractivity contribution in [3.63, 3.8) is 0 Å². The molecule has 2 aromatic heterocycles. The number of aryl methyl sites for hydroxylation is 1. The van der Waals surface area contributed by atoms with Gasteiger partial charge in [0, 0.05) is 30.7 Å². The molecule has 0 fully saturated rings. The molecule has 108 valence electrons. The maximum Gasteiger partial charge on any atom is 0.0992 e. The first-order chi connectivity index (χ1) is 10.3. The van der Waals surface area contributed by atoms with Crippen molar-refractivity contribution in [2.45, 2.75) is 26.4 Å². The molecule has 1 N–H and O–H groups in total. The molecule has 0 radical (unpaired) electrons. The highest BCUT2D eigenvalue weighted by Gasteiger charge is 2.10. The molecule has 0 aliphatic heterocycles. The second kappa shape index (κ2) is 5.83. The zero-order valence-corrected chi connectivity index (χ0v) is 12.3. The van der Waals surface area contributed by atoms with Crippen molar-refractivity contribution in [3.05, 3.63) is 60.9 Å². The molecular formula is C16H19N5. The van der Waals surface area contributed by atoms with Gasteiger partial charge in [-0.25, -0.2) is 4.98 Å². The highest BCUT2D eigenvalue weighted by atomic mass is 15.3. The van der Waals surface area contributed by atoms with Crippen molar-refractivity contribution in [3.8, 4) is 5.69 Å². The Morgan fingerprint density at radius 1 is 1.29 bits per heavy atom. The molecule has 0 saturated heterocycles. The number of rotatable bonds is 5. The van der Waals surface area contributed by atoms with Crippen LogP contribution in [0.4, 0.5) is 5.69 Å². The van der Waals surface area contributed by atoms with E-state index in [0.717, 1.165) is 17.9 Å². The molecule has 1 unspecified atom stereocenters. The van der Waals surface area contributed by atoms with Gasteiger partial charge in [0.05, 0.1) is 29.9 Å². The summed E-state index contributed by atoms with van der Waals surface area (Å²) in [4.78, 5) is 4.11. The molecule has 5 nitrogen and oxygen atoms in total. The SMILES string of the molecule is CCn1cc(C(C)Nc2ccccc2-n2ccnc2)cn1. The molecule has 0 spiro atoms. The molecule has 2 heterocycles. The average Bonchev–Trinajstić information content (AvgIpc) is 3.19. The maximum absolute atomic E-state index is 4.33. The lowest BCUT2D eigenvalue weighted by Gasteiger charge is -2.17. The van der Waals surface area contributed by atoms with Crippen molar-refractivity contribution < 1.29 is 0 Å². The summed E-state index contributed by atoms with van der Waals surface area (Å²) in [6.45, 7) is 5.11. The van der Waals surface area contributed by atoms with Gasteiger partial charge in [-0.3, -0.25) is 4.68 Å². The summed E-state index contributed by atoms with van der Waals surface area (Å²) in [5.74, 6) is 0. The van der Waals surface area contributed by atoms with E-state index in [9.17, 15) is 0 Å². The quantitative estimate of drug-likeness (QED) is 0.781. The minimum atomic E-state index is 0.190. The molecule has 1 aromatic carbocycles. The predicted octanol–water partition coefficient (Wildman–Crippen LogP) is 3.26. The molecule has 0 bridgehead atoms. The first kappa shape index (κ1) is 13.4. The van der Waals surface area contributed by atoms with Gasteiger partial charge in [0.1, 0.15) is 0 Å². The number of anilines is 1. The summed E-state index contributed by atoms with van der Waals surface area (Å²) in [7, 11) is 0. The van der Waals surface area contributed by atoms with Gasteiger partial charge in [-0.1, -0.05) is 12.1 Å². The first-order valence-corrected chi connectivity index (χ1v) is 7.14. The van der Waals surface area contributed by atoms with Crippen LogP contribution in [0.2, 0.25) is 0 Å². The average molecular weight is 281 g/mol. The van der Waals surface area contributed by atoms with Crippen molar-refractivity contribution in [1.29, 1.82) is 0 Å². The standard InChI is InChI=1S/C16H19N5/c1-3-21-11-14(10-18-21)13(2)19-15-6-4-5-7-16(15)20-9-8-17-12-20/h4-13,19H,3H2,1-2H3. The van der Waals surface area contributed by atoms with Crippen LogP contribution in [0, 0.1) is 0 Å². The van der Waals surface area contributed by atoms with E-state index in [1.807, 2.05) is 33.8 Å². The number of aromatic nitrogens is 4. The van der Waals surface area contributed by atoms with Gasteiger partial charge in [-0.05, 0) is 26.0 Å². The lowest BCUT2D eigenvalue weighted by molar-refractivity contribution is 0.658. The van der Waals surface area contributed by atoms with Crippen LogP contribution >= 0.6 is 0 Å². The van der Waals surface area contributed by atoms with Gasteiger partial charge in [0.2, 0.25) is 0 Å². The van der Waals surface area contributed by atoms with Crippen LogP contribution in [0.5, 0.6) is 0 Å². The van der Waals surface area contributed by atoms with E-state index in [0.29, 0.717) is 0 Å². The Balaban J connectivity index is 1.85. The molecule has 3 aromatic rings. The Morgan fingerprint density at radius 2 is 2.14 bits per heavy atom. The number of para-hydroxylation sites is 2. The Labute approximate surface area is 124 Å². The second-order valence-electron chi connectivity index (χ2n) is 4.98. The smallest absolute Gasteiger partial charge is 0.0992 e.